The number of nitro groups is 1. The Morgan fingerprint density at radius 3 is 2.36 bits per heavy atom. The predicted octanol–water partition coefficient (Wildman–Crippen LogP) is 1.72. The quantitative estimate of drug-likeness (QED) is 0.335. The number of benzene rings is 2. The first kappa shape index (κ1) is 20.3. The van der Waals surface area contributed by atoms with Crippen molar-refractivity contribution in [2.24, 2.45) is 0 Å². The number of carbonyl (C=O) groups is 1. The number of hydrogen-bond acceptors (Lipinski definition) is 8. The van der Waals surface area contributed by atoms with E-state index >= 15 is 0 Å². The number of non-ortho nitro benzene ring substituents is 1. The average Bonchev–Trinajstić information content (AvgIpc) is 3.55. The number of nitro benzene ring substituents is 1. The number of para-hydroxylation sites is 1. The van der Waals surface area contributed by atoms with Gasteiger partial charge in [-0.15, -0.1) is 0 Å². The minimum absolute atomic E-state index is 0.00151. The van der Waals surface area contributed by atoms with Crippen LogP contribution in [0.15, 0.2) is 67.0 Å². The maximum atomic E-state index is 13.0. The molecule has 0 atom stereocenters. The van der Waals surface area contributed by atoms with E-state index in [2.05, 4.69) is 25.5 Å². The molecule has 3 heterocycles. The normalized spacial score (nSPS) is 13.8. The second-order valence-electron chi connectivity index (χ2n) is 7.45. The number of carbonyl (C=O) groups excluding carboxylic acids is 1. The summed E-state index contributed by atoms with van der Waals surface area (Å²) in [6.45, 7) is 2.22. The largest absolute Gasteiger partial charge is 0.336 e. The summed E-state index contributed by atoms with van der Waals surface area (Å²) >= 11 is 0. The Morgan fingerprint density at radius 2 is 1.67 bits per heavy atom. The highest BCUT2D eigenvalue weighted by atomic mass is 16.6. The SMILES string of the molecule is O=C(c1cnn(-c2ccc([N+](=O)[O-])cc2)c1)N1CCN(c2nnnn2-c2ccccc2)CC1. The molecule has 0 aliphatic carbocycles. The Bertz CT molecular complexity index is 1280. The van der Waals surface area contributed by atoms with Crippen LogP contribution in [0.2, 0.25) is 0 Å². The van der Waals surface area contributed by atoms with E-state index in [0.29, 0.717) is 43.4 Å². The molecule has 0 bridgehead atoms. The van der Waals surface area contributed by atoms with Gasteiger partial charge in [0.05, 0.1) is 28.1 Å². The second kappa shape index (κ2) is 8.49. The maximum Gasteiger partial charge on any atom is 0.269 e. The molecular weight excluding hydrogens is 426 g/mol. The van der Waals surface area contributed by atoms with Gasteiger partial charge in [-0.25, -0.2) is 4.68 Å². The van der Waals surface area contributed by atoms with E-state index in [9.17, 15) is 14.9 Å². The lowest BCUT2D eigenvalue weighted by molar-refractivity contribution is -0.384. The minimum Gasteiger partial charge on any atom is -0.336 e. The Labute approximate surface area is 187 Å². The Morgan fingerprint density at radius 1 is 0.939 bits per heavy atom. The topological polar surface area (TPSA) is 128 Å². The van der Waals surface area contributed by atoms with Gasteiger partial charge in [0.2, 0.25) is 5.95 Å². The van der Waals surface area contributed by atoms with E-state index in [0.717, 1.165) is 5.69 Å². The number of anilines is 1. The summed E-state index contributed by atoms with van der Waals surface area (Å²) in [7, 11) is 0. The van der Waals surface area contributed by atoms with Crippen LogP contribution >= 0.6 is 0 Å². The molecule has 0 spiro atoms. The Hall–Kier alpha value is -4.61. The number of tetrazole rings is 1. The van der Waals surface area contributed by atoms with Gasteiger partial charge >= 0.3 is 0 Å². The van der Waals surface area contributed by atoms with Crippen LogP contribution in [0.1, 0.15) is 10.4 Å². The molecule has 1 aliphatic heterocycles. The molecule has 33 heavy (non-hydrogen) atoms. The van der Waals surface area contributed by atoms with Gasteiger partial charge in [-0.3, -0.25) is 14.9 Å². The molecule has 5 rings (SSSR count). The van der Waals surface area contributed by atoms with Crippen LogP contribution in [0.25, 0.3) is 11.4 Å². The summed E-state index contributed by atoms with van der Waals surface area (Å²) < 4.78 is 3.22. The van der Waals surface area contributed by atoms with E-state index < -0.39 is 4.92 Å². The zero-order valence-electron chi connectivity index (χ0n) is 17.4. The van der Waals surface area contributed by atoms with Gasteiger partial charge in [-0.05, 0) is 34.7 Å². The number of amides is 1. The average molecular weight is 445 g/mol. The lowest BCUT2D eigenvalue weighted by atomic mass is 10.2. The first-order chi connectivity index (χ1) is 16.1. The first-order valence-electron chi connectivity index (χ1n) is 10.3. The van der Waals surface area contributed by atoms with Crippen LogP contribution in [-0.2, 0) is 0 Å². The van der Waals surface area contributed by atoms with Gasteiger partial charge in [0, 0.05) is 44.5 Å². The fourth-order valence-corrected chi connectivity index (χ4v) is 3.71. The summed E-state index contributed by atoms with van der Waals surface area (Å²) in [5, 5.41) is 27.1. The molecular formula is C21H19N9O3. The third-order valence-electron chi connectivity index (χ3n) is 5.46. The van der Waals surface area contributed by atoms with Gasteiger partial charge in [0.25, 0.3) is 11.6 Å². The fourth-order valence-electron chi connectivity index (χ4n) is 3.71. The van der Waals surface area contributed by atoms with Crippen molar-refractivity contribution in [3.05, 3.63) is 82.7 Å². The van der Waals surface area contributed by atoms with Gasteiger partial charge in [-0.1, -0.05) is 23.3 Å². The molecule has 1 amide bonds. The highest BCUT2D eigenvalue weighted by molar-refractivity contribution is 5.94. The number of rotatable bonds is 5. The molecule has 0 unspecified atom stereocenters. The molecule has 0 radical (unpaired) electrons. The van der Waals surface area contributed by atoms with Gasteiger partial charge < -0.3 is 9.80 Å². The lowest BCUT2D eigenvalue weighted by Gasteiger charge is -2.34. The molecule has 1 aliphatic rings. The van der Waals surface area contributed by atoms with Crippen molar-refractivity contribution in [2.75, 3.05) is 31.1 Å². The van der Waals surface area contributed by atoms with Crippen molar-refractivity contribution in [1.82, 2.24) is 34.9 Å². The number of piperazine rings is 1. The second-order valence-corrected chi connectivity index (χ2v) is 7.45. The van der Waals surface area contributed by atoms with Gasteiger partial charge in [-0.2, -0.15) is 9.78 Å². The molecule has 0 N–H and O–H groups in total. The van der Waals surface area contributed by atoms with Crippen molar-refractivity contribution in [1.29, 1.82) is 0 Å². The zero-order chi connectivity index (χ0) is 22.8. The molecule has 12 heteroatoms. The minimum atomic E-state index is -0.458. The van der Waals surface area contributed by atoms with Gasteiger partial charge in [0.1, 0.15) is 0 Å². The Kier molecular flexibility index (Phi) is 5.23. The van der Waals surface area contributed by atoms with Crippen molar-refractivity contribution < 1.29 is 9.72 Å². The molecule has 2 aromatic heterocycles. The summed E-state index contributed by atoms with van der Waals surface area (Å²) in [6, 6.07) is 15.6. The van der Waals surface area contributed by atoms with E-state index in [-0.39, 0.29) is 11.6 Å². The molecule has 1 fully saturated rings. The van der Waals surface area contributed by atoms with Crippen molar-refractivity contribution in [2.45, 2.75) is 0 Å². The number of aromatic nitrogens is 6. The summed E-state index contributed by atoms with van der Waals surface area (Å²) in [6.07, 6.45) is 3.14. The number of nitrogens with zero attached hydrogens (tertiary/aromatic N) is 9. The lowest BCUT2D eigenvalue weighted by Crippen LogP contribution is -2.49. The third kappa shape index (κ3) is 4.01. The highest BCUT2D eigenvalue weighted by Crippen LogP contribution is 2.19. The van der Waals surface area contributed by atoms with Crippen LogP contribution in [0.3, 0.4) is 0 Å². The molecule has 0 saturated carbocycles. The highest BCUT2D eigenvalue weighted by Gasteiger charge is 2.26. The monoisotopic (exact) mass is 445 g/mol. The van der Waals surface area contributed by atoms with Crippen molar-refractivity contribution in [3.8, 4) is 11.4 Å². The fraction of sp³-hybridized carbons (Fsp3) is 0.190. The predicted molar refractivity (Wildman–Crippen MR) is 117 cm³/mol. The van der Waals surface area contributed by atoms with Crippen LogP contribution in [0, 0.1) is 10.1 Å². The maximum absolute atomic E-state index is 13.0. The molecule has 4 aromatic rings. The van der Waals surface area contributed by atoms with E-state index in [4.69, 9.17) is 0 Å². The molecule has 2 aromatic carbocycles. The van der Waals surface area contributed by atoms with E-state index in [1.54, 1.807) is 27.9 Å². The molecule has 1 saturated heterocycles. The zero-order valence-corrected chi connectivity index (χ0v) is 17.4. The molecule has 166 valence electrons. The van der Waals surface area contributed by atoms with Crippen LogP contribution < -0.4 is 4.90 Å². The Balaban J connectivity index is 1.25. The van der Waals surface area contributed by atoms with Crippen LogP contribution in [0.5, 0.6) is 0 Å². The summed E-state index contributed by atoms with van der Waals surface area (Å²) in [5.74, 6) is 0.518. The van der Waals surface area contributed by atoms with Crippen LogP contribution in [-0.4, -0.2) is 71.9 Å². The number of hydrogen-bond donors (Lipinski definition) is 0. The standard InChI is InChI=1S/C21H19N9O3/c31-20(16-14-22-28(15-16)17-6-8-19(9-7-17)30(32)33)26-10-12-27(13-11-26)21-23-24-25-29(21)18-4-2-1-3-5-18/h1-9,14-15H,10-13H2. The van der Waals surface area contributed by atoms with E-state index in [1.165, 1.54) is 23.0 Å². The molecule has 12 nitrogen and oxygen atoms in total. The van der Waals surface area contributed by atoms with Crippen LogP contribution in [0.4, 0.5) is 11.6 Å². The summed E-state index contributed by atoms with van der Waals surface area (Å²) in [4.78, 5) is 27.2. The smallest absolute Gasteiger partial charge is 0.269 e. The first-order valence-corrected chi connectivity index (χ1v) is 10.3. The third-order valence-corrected chi connectivity index (χ3v) is 5.46. The van der Waals surface area contributed by atoms with Crippen molar-refractivity contribution in [3.63, 3.8) is 0 Å². The van der Waals surface area contributed by atoms with E-state index in [1.807, 2.05) is 30.3 Å². The van der Waals surface area contributed by atoms with Crippen molar-refractivity contribution >= 4 is 17.5 Å². The summed E-state index contributed by atoms with van der Waals surface area (Å²) in [5.41, 5.74) is 1.96. The van der Waals surface area contributed by atoms with Gasteiger partial charge in [0.15, 0.2) is 0 Å².